The second-order valence-electron chi connectivity index (χ2n) is 4.27. The van der Waals surface area contributed by atoms with Crippen molar-refractivity contribution < 1.29 is 50.4 Å². The number of hydrogen-bond acceptors (Lipinski definition) is 9. The van der Waals surface area contributed by atoms with Crippen LogP contribution in [0.4, 0.5) is 0 Å². The summed E-state index contributed by atoms with van der Waals surface area (Å²) in [6.45, 7) is -0.906. The van der Waals surface area contributed by atoms with Crippen LogP contribution in [0.3, 0.4) is 0 Å². The van der Waals surface area contributed by atoms with Crippen molar-refractivity contribution in [3.05, 3.63) is 11.5 Å². The molecular formula is C10H16O10. The van der Waals surface area contributed by atoms with Gasteiger partial charge in [-0.3, -0.25) is 0 Å². The zero-order valence-electron chi connectivity index (χ0n) is 10.1. The van der Waals surface area contributed by atoms with Crippen LogP contribution >= 0.6 is 0 Å². The molecule has 8 N–H and O–H groups in total. The first-order chi connectivity index (χ1) is 9.22. The van der Waals surface area contributed by atoms with E-state index in [0.717, 1.165) is 0 Å². The van der Waals surface area contributed by atoms with Crippen molar-refractivity contribution in [3.8, 4) is 0 Å². The molecule has 1 rings (SSSR count). The lowest BCUT2D eigenvalue weighted by Gasteiger charge is -2.36. The lowest BCUT2D eigenvalue weighted by molar-refractivity contribution is -0.194. The topological polar surface area (TPSA) is 188 Å². The molecule has 0 aromatic carbocycles. The van der Waals surface area contributed by atoms with Gasteiger partial charge < -0.3 is 45.6 Å². The Morgan fingerprint density at radius 3 is 2.20 bits per heavy atom. The molecule has 20 heavy (non-hydrogen) atoms. The largest absolute Gasteiger partial charge is 0.506 e. The normalized spacial score (nSPS) is 31.8. The van der Waals surface area contributed by atoms with Gasteiger partial charge in [-0.15, -0.1) is 0 Å². The highest BCUT2D eigenvalue weighted by Crippen LogP contribution is 2.27. The SMILES string of the molecule is O=C(O)[C@@H]1O[C@@H]([C@@H](O)[C@H](O)[C@H](O)CO)[C@@H](O)C(O)=C1O. The van der Waals surface area contributed by atoms with E-state index >= 15 is 0 Å². The number of carboxylic acid groups (broad SMARTS) is 1. The van der Waals surface area contributed by atoms with Crippen molar-refractivity contribution >= 4 is 5.97 Å². The first-order valence-corrected chi connectivity index (χ1v) is 5.55. The van der Waals surface area contributed by atoms with E-state index < -0.39 is 60.7 Å². The summed E-state index contributed by atoms with van der Waals surface area (Å²) in [4.78, 5) is 10.8. The van der Waals surface area contributed by atoms with Gasteiger partial charge in [-0.25, -0.2) is 4.79 Å². The minimum atomic E-state index is -2.04. The van der Waals surface area contributed by atoms with Crippen molar-refractivity contribution in [1.29, 1.82) is 0 Å². The molecule has 1 heterocycles. The molecule has 6 atom stereocenters. The van der Waals surface area contributed by atoms with Gasteiger partial charge in [-0.05, 0) is 0 Å². The number of carboxylic acids is 1. The van der Waals surface area contributed by atoms with E-state index in [0.29, 0.717) is 0 Å². The fourth-order valence-corrected chi connectivity index (χ4v) is 1.71. The minimum absolute atomic E-state index is 0.906. The van der Waals surface area contributed by atoms with Crippen LogP contribution in [-0.4, -0.2) is 90.1 Å². The second kappa shape index (κ2) is 6.35. The number of ether oxygens (including phenoxy) is 1. The maximum atomic E-state index is 10.8. The summed E-state index contributed by atoms with van der Waals surface area (Å²) in [5.74, 6) is -3.96. The zero-order valence-corrected chi connectivity index (χ0v) is 10.1. The molecule has 0 aromatic heterocycles. The number of aliphatic hydroxyl groups excluding tert-OH is 7. The Hall–Kier alpha value is -1.43. The molecule has 0 fully saturated rings. The molecule has 0 saturated carbocycles. The molecular weight excluding hydrogens is 280 g/mol. The van der Waals surface area contributed by atoms with E-state index in [9.17, 15) is 30.3 Å². The monoisotopic (exact) mass is 296 g/mol. The summed E-state index contributed by atoms with van der Waals surface area (Å²) in [5.41, 5.74) is 0. The van der Waals surface area contributed by atoms with Crippen LogP contribution in [0, 0.1) is 0 Å². The van der Waals surface area contributed by atoms with E-state index in [4.69, 9.17) is 20.1 Å². The molecule has 0 bridgehead atoms. The van der Waals surface area contributed by atoms with Gasteiger partial charge in [0.25, 0.3) is 0 Å². The lowest BCUT2D eigenvalue weighted by Crippen LogP contribution is -2.55. The Balaban J connectivity index is 2.99. The molecule has 10 nitrogen and oxygen atoms in total. The summed E-state index contributed by atoms with van der Waals surface area (Å²) in [5, 5.41) is 74.0. The summed E-state index contributed by atoms with van der Waals surface area (Å²) < 4.78 is 4.70. The van der Waals surface area contributed by atoms with E-state index in [1.165, 1.54) is 0 Å². The summed E-state index contributed by atoms with van der Waals surface area (Å²) in [6, 6.07) is 0. The van der Waals surface area contributed by atoms with Crippen molar-refractivity contribution in [2.45, 2.75) is 36.6 Å². The van der Waals surface area contributed by atoms with Crippen molar-refractivity contribution in [3.63, 3.8) is 0 Å². The average molecular weight is 296 g/mol. The van der Waals surface area contributed by atoms with Crippen LogP contribution in [0.2, 0.25) is 0 Å². The second-order valence-corrected chi connectivity index (χ2v) is 4.27. The van der Waals surface area contributed by atoms with Crippen LogP contribution in [0.5, 0.6) is 0 Å². The zero-order chi connectivity index (χ0) is 15.6. The van der Waals surface area contributed by atoms with Gasteiger partial charge in [0.05, 0.1) is 6.61 Å². The molecule has 0 spiro atoms. The number of carbonyl (C=O) groups is 1. The van der Waals surface area contributed by atoms with Crippen molar-refractivity contribution in [2.24, 2.45) is 0 Å². The quantitative estimate of drug-likeness (QED) is 0.254. The number of hydrogen-bond donors (Lipinski definition) is 8. The highest BCUT2D eigenvalue weighted by Gasteiger charge is 2.46. The van der Waals surface area contributed by atoms with E-state index in [1.807, 2.05) is 0 Å². The Bertz CT molecular complexity index is 393. The maximum Gasteiger partial charge on any atom is 0.340 e. The third-order valence-electron chi connectivity index (χ3n) is 2.89. The standard InChI is InChI=1S/C10H16O10/c11-1-2(12)3(13)5(15)8-6(16)4(14)7(17)9(20-8)10(18)19/h2-3,5-6,8-9,11-17H,1H2,(H,18,19)/t2-,3-,5+,6+,8+,9-/m1/s1. The van der Waals surface area contributed by atoms with Crippen LogP contribution in [0.25, 0.3) is 0 Å². The van der Waals surface area contributed by atoms with Gasteiger partial charge in [0.15, 0.2) is 11.5 Å². The van der Waals surface area contributed by atoms with Crippen molar-refractivity contribution in [1.82, 2.24) is 0 Å². The van der Waals surface area contributed by atoms with E-state index in [1.54, 1.807) is 0 Å². The molecule has 116 valence electrons. The predicted molar refractivity (Wildman–Crippen MR) is 59.7 cm³/mol. The van der Waals surface area contributed by atoms with Gasteiger partial charge in [0.1, 0.15) is 30.5 Å². The summed E-state index contributed by atoms with van der Waals surface area (Å²) in [6.07, 6.45) is -11.7. The van der Waals surface area contributed by atoms with E-state index in [-0.39, 0.29) is 0 Å². The van der Waals surface area contributed by atoms with Crippen molar-refractivity contribution in [2.75, 3.05) is 6.61 Å². The number of aliphatic carboxylic acids is 1. The first kappa shape index (κ1) is 16.6. The van der Waals surface area contributed by atoms with Crippen LogP contribution < -0.4 is 0 Å². The molecule has 0 amide bonds. The predicted octanol–water partition coefficient (Wildman–Crippen LogP) is -3.40. The Labute approximate surface area is 112 Å². The fraction of sp³-hybridized carbons (Fsp3) is 0.700. The Morgan fingerprint density at radius 1 is 1.20 bits per heavy atom. The molecule has 0 aromatic rings. The van der Waals surface area contributed by atoms with Gasteiger partial charge in [-0.2, -0.15) is 0 Å². The highest BCUT2D eigenvalue weighted by molar-refractivity contribution is 5.76. The van der Waals surface area contributed by atoms with Gasteiger partial charge in [-0.1, -0.05) is 0 Å². The Morgan fingerprint density at radius 2 is 1.75 bits per heavy atom. The third kappa shape index (κ3) is 3.00. The first-order valence-electron chi connectivity index (χ1n) is 5.55. The molecule has 0 saturated heterocycles. The smallest absolute Gasteiger partial charge is 0.340 e. The molecule has 0 aliphatic carbocycles. The fourth-order valence-electron chi connectivity index (χ4n) is 1.71. The van der Waals surface area contributed by atoms with Gasteiger partial charge >= 0.3 is 5.97 Å². The van der Waals surface area contributed by atoms with E-state index in [2.05, 4.69) is 0 Å². The van der Waals surface area contributed by atoms with Gasteiger partial charge in [0.2, 0.25) is 6.10 Å². The molecule has 1 aliphatic rings. The minimum Gasteiger partial charge on any atom is -0.506 e. The lowest BCUT2D eigenvalue weighted by atomic mass is 9.95. The maximum absolute atomic E-state index is 10.8. The molecule has 10 heteroatoms. The van der Waals surface area contributed by atoms with Crippen LogP contribution in [0.15, 0.2) is 11.5 Å². The highest BCUT2D eigenvalue weighted by atomic mass is 16.6. The summed E-state index contributed by atoms with van der Waals surface area (Å²) >= 11 is 0. The van der Waals surface area contributed by atoms with Gasteiger partial charge in [0, 0.05) is 0 Å². The van der Waals surface area contributed by atoms with Crippen LogP contribution in [-0.2, 0) is 9.53 Å². The third-order valence-corrected chi connectivity index (χ3v) is 2.89. The van der Waals surface area contributed by atoms with Crippen LogP contribution in [0.1, 0.15) is 0 Å². The Kier molecular flexibility index (Phi) is 5.28. The molecule has 0 radical (unpaired) electrons. The average Bonchev–Trinajstić information content (AvgIpc) is 2.42. The molecule has 0 unspecified atom stereocenters. The summed E-state index contributed by atoms with van der Waals surface area (Å²) in [7, 11) is 0. The molecule has 1 aliphatic heterocycles. The number of rotatable bonds is 5. The number of aliphatic hydroxyl groups is 7.